The highest BCUT2D eigenvalue weighted by molar-refractivity contribution is 6.30. The SMILES string of the molecule is COc1c(C)cc(Cl)cc1CNC(=O)NC(C)C. The van der Waals surface area contributed by atoms with Crippen LogP contribution in [0.5, 0.6) is 5.75 Å². The third-order valence-corrected chi connectivity index (χ3v) is 2.60. The minimum atomic E-state index is -0.204. The van der Waals surface area contributed by atoms with Crippen LogP contribution in [-0.2, 0) is 6.54 Å². The average molecular weight is 271 g/mol. The fourth-order valence-electron chi connectivity index (χ4n) is 1.71. The van der Waals surface area contributed by atoms with Crippen molar-refractivity contribution in [2.75, 3.05) is 7.11 Å². The molecule has 1 aromatic rings. The first-order chi connectivity index (χ1) is 8.43. The molecule has 0 saturated heterocycles. The average Bonchev–Trinajstić information content (AvgIpc) is 2.24. The van der Waals surface area contributed by atoms with Crippen LogP contribution in [0.2, 0.25) is 5.02 Å². The molecule has 0 unspecified atom stereocenters. The highest BCUT2D eigenvalue weighted by atomic mass is 35.5. The molecule has 0 radical (unpaired) electrons. The molecular weight excluding hydrogens is 252 g/mol. The Morgan fingerprint density at radius 2 is 2.11 bits per heavy atom. The maximum absolute atomic E-state index is 11.5. The lowest BCUT2D eigenvalue weighted by Crippen LogP contribution is -2.39. The summed E-state index contributed by atoms with van der Waals surface area (Å²) in [5.41, 5.74) is 1.81. The van der Waals surface area contributed by atoms with Crippen LogP contribution < -0.4 is 15.4 Å². The van der Waals surface area contributed by atoms with Crippen molar-refractivity contribution in [3.05, 3.63) is 28.3 Å². The number of amides is 2. The number of nitrogens with one attached hydrogen (secondary N) is 2. The summed E-state index contributed by atoms with van der Waals surface area (Å²) in [4.78, 5) is 11.5. The Morgan fingerprint density at radius 1 is 1.44 bits per heavy atom. The van der Waals surface area contributed by atoms with Gasteiger partial charge in [0.05, 0.1) is 7.11 Å². The molecule has 0 aromatic heterocycles. The van der Waals surface area contributed by atoms with Gasteiger partial charge in [-0.3, -0.25) is 0 Å². The van der Waals surface area contributed by atoms with Crippen molar-refractivity contribution in [2.24, 2.45) is 0 Å². The van der Waals surface area contributed by atoms with Gasteiger partial charge in [0.25, 0.3) is 0 Å². The quantitative estimate of drug-likeness (QED) is 0.884. The minimum absolute atomic E-state index is 0.105. The van der Waals surface area contributed by atoms with Crippen LogP contribution in [-0.4, -0.2) is 19.2 Å². The first-order valence-corrected chi connectivity index (χ1v) is 6.19. The van der Waals surface area contributed by atoms with Crippen molar-refractivity contribution < 1.29 is 9.53 Å². The molecule has 2 N–H and O–H groups in total. The largest absolute Gasteiger partial charge is 0.496 e. The summed E-state index contributed by atoms with van der Waals surface area (Å²) in [5.74, 6) is 0.754. The Balaban J connectivity index is 2.75. The highest BCUT2D eigenvalue weighted by Gasteiger charge is 2.10. The molecule has 0 saturated carbocycles. The van der Waals surface area contributed by atoms with Crippen LogP contribution in [0.3, 0.4) is 0 Å². The van der Waals surface area contributed by atoms with Gasteiger partial charge in [-0.05, 0) is 38.5 Å². The maximum Gasteiger partial charge on any atom is 0.315 e. The van der Waals surface area contributed by atoms with Gasteiger partial charge in [-0.1, -0.05) is 11.6 Å². The molecule has 0 aliphatic rings. The summed E-state index contributed by atoms with van der Waals surface area (Å²) in [6, 6.07) is 3.53. The zero-order valence-corrected chi connectivity index (χ0v) is 11.9. The Labute approximate surface area is 113 Å². The van der Waals surface area contributed by atoms with E-state index in [1.807, 2.05) is 26.8 Å². The van der Waals surface area contributed by atoms with Crippen LogP contribution in [0, 0.1) is 6.92 Å². The van der Waals surface area contributed by atoms with Gasteiger partial charge in [-0.2, -0.15) is 0 Å². The summed E-state index contributed by atoms with van der Waals surface area (Å²) in [6.45, 7) is 6.11. The Kier molecular flexibility index (Phi) is 5.28. The molecule has 0 aliphatic heterocycles. The van der Waals surface area contributed by atoms with E-state index in [1.165, 1.54) is 0 Å². The molecule has 100 valence electrons. The van der Waals surface area contributed by atoms with Crippen molar-refractivity contribution in [1.82, 2.24) is 10.6 Å². The van der Waals surface area contributed by atoms with Gasteiger partial charge >= 0.3 is 6.03 Å². The van der Waals surface area contributed by atoms with E-state index < -0.39 is 0 Å². The molecule has 0 aliphatic carbocycles. The predicted molar refractivity (Wildman–Crippen MR) is 73.2 cm³/mol. The fraction of sp³-hybridized carbons (Fsp3) is 0.462. The number of carbonyl (C=O) groups is 1. The molecule has 1 rings (SSSR count). The third kappa shape index (κ3) is 4.11. The van der Waals surface area contributed by atoms with Crippen molar-refractivity contribution >= 4 is 17.6 Å². The van der Waals surface area contributed by atoms with E-state index in [4.69, 9.17) is 16.3 Å². The second kappa shape index (κ2) is 6.50. The maximum atomic E-state index is 11.5. The summed E-state index contributed by atoms with van der Waals surface area (Å²) in [6.07, 6.45) is 0. The molecule has 0 fully saturated rings. The van der Waals surface area contributed by atoms with E-state index in [9.17, 15) is 4.79 Å². The predicted octanol–water partition coefficient (Wildman–Crippen LogP) is 2.86. The highest BCUT2D eigenvalue weighted by Crippen LogP contribution is 2.27. The second-order valence-corrected chi connectivity index (χ2v) is 4.83. The molecule has 0 spiro atoms. The third-order valence-electron chi connectivity index (χ3n) is 2.38. The van der Waals surface area contributed by atoms with E-state index in [2.05, 4.69) is 10.6 Å². The number of aryl methyl sites for hydroxylation is 1. The summed E-state index contributed by atoms with van der Waals surface area (Å²) in [7, 11) is 1.61. The van der Waals surface area contributed by atoms with Gasteiger partial charge < -0.3 is 15.4 Å². The van der Waals surface area contributed by atoms with Gasteiger partial charge in [0, 0.05) is 23.2 Å². The first kappa shape index (κ1) is 14.6. The number of rotatable bonds is 4. The summed E-state index contributed by atoms with van der Waals surface area (Å²) < 4.78 is 5.31. The minimum Gasteiger partial charge on any atom is -0.496 e. The number of halogens is 1. The van der Waals surface area contributed by atoms with Crippen molar-refractivity contribution in [3.63, 3.8) is 0 Å². The zero-order chi connectivity index (χ0) is 13.7. The van der Waals surface area contributed by atoms with Gasteiger partial charge in [-0.25, -0.2) is 4.79 Å². The second-order valence-electron chi connectivity index (χ2n) is 4.40. The lowest BCUT2D eigenvalue weighted by Gasteiger charge is -2.14. The molecule has 1 aromatic carbocycles. The molecule has 0 heterocycles. The lowest BCUT2D eigenvalue weighted by molar-refractivity contribution is 0.238. The first-order valence-electron chi connectivity index (χ1n) is 5.81. The van der Waals surface area contributed by atoms with Crippen LogP contribution in [0.25, 0.3) is 0 Å². The van der Waals surface area contributed by atoms with Crippen molar-refractivity contribution in [2.45, 2.75) is 33.4 Å². The normalized spacial score (nSPS) is 10.3. The van der Waals surface area contributed by atoms with Gasteiger partial charge in [0.2, 0.25) is 0 Å². The van der Waals surface area contributed by atoms with Crippen LogP contribution in [0.4, 0.5) is 4.79 Å². The van der Waals surface area contributed by atoms with E-state index in [0.29, 0.717) is 11.6 Å². The van der Waals surface area contributed by atoms with E-state index in [0.717, 1.165) is 16.9 Å². The van der Waals surface area contributed by atoms with Gasteiger partial charge in [-0.15, -0.1) is 0 Å². The molecular formula is C13H19ClN2O2. The van der Waals surface area contributed by atoms with Crippen LogP contribution in [0.1, 0.15) is 25.0 Å². The monoisotopic (exact) mass is 270 g/mol. The number of hydrogen-bond acceptors (Lipinski definition) is 2. The Morgan fingerprint density at radius 3 is 2.67 bits per heavy atom. The number of ether oxygens (including phenoxy) is 1. The molecule has 2 amide bonds. The Hall–Kier alpha value is -1.42. The van der Waals surface area contributed by atoms with Crippen LogP contribution in [0.15, 0.2) is 12.1 Å². The smallest absolute Gasteiger partial charge is 0.315 e. The zero-order valence-electron chi connectivity index (χ0n) is 11.1. The Bertz CT molecular complexity index is 433. The van der Waals surface area contributed by atoms with Gasteiger partial charge in [0.15, 0.2) is 0 Å². The molecule has 0 bridgehead atoms. The van der Waals surface area contributed by atoms with Crippen LogP contribution >= 0.6 is 11.6 Å². The molecule has 4 nitrogen and oxygen atoms in total. The topological polar surface area (TPSA) is 50.4 Å². The van der Waals surface area contributed by atoms with Gasteiger partial charge in [0.1, 0.15) is 5.75 Å². The number of hydrogen-bond donors (Lipinski definition) is 2. The number of benzene rings is 1. The lowest BCUT2D eigenvalue weighted by atomic mass is 10.1. The number of methoxy groups -OCH3 is 1. The van der Waals surface area contributed by atoms with Crippen molar-refractivity contribution in [3.8, 4) is 5.75 Å². The van der Waals surface area contributed by atoms with E-state index >= 15 is 0 Å². The summed E-state index contributed by atoms with van der Waals surface area (Å²) in [5, 5.41) is 6.16. The summed E-state index contributed by atoms with van der Waals surface area (Å²) >= 11 is 5.99. The fourth-order valence-corrected chi connectivity index (χ4v) is 2.01. The van der Waals surface area contributed by atoms with E-state index in [1.54, 1.807) is 13.2 Å². The number of carbonyl (C=O) groups excluding carboxylic acids is 1. The van der Waals surface area contributed by atoms with E-state index in [-0.39, 0.29) is 12.1 Å². The molecule has 5 heteroatoms. The van der Waals surface area contributed by atoms with Crippen molar-refractivity contribution in [1.29, 1.82) is 0 Å². The number of urea groups is 1. The molecule has 0 atom stereocenters. The standard InChI is InChI=1S/C13H19ClN2O2/c1-8(2)16-13(17)15-7-10-6-11(14)5-9(3)12(10)18-4/h5-6,8H,7H2,1-4H3,(H2,15,16,17). The molecule has 18 heavy (non-hydrogen) atoms.